The van der Waals surface area contributed by atoms with Gasteiger partial charge >= 0.3 is 0 Å². The molecule has 188 valence electrons. The number of nitrogens with one attached hydrogen (secondary N) is 2. The fourth-order valence-corrected chi connectivity index (χ4v) is 4.35. The minimum Gasteiger partial charge on any atom is -0.495 e. The minimum atomic E-state index is -0.218. The molecule has 0 aliphatic heterocycles. The number of nitrogens with zero attached hydrogens (tertiary/aromatic N) is 3. The highest BCUT2D eigenvalue weighted by Crippen LogP contribution is 2.28. The van der Waals surface area contributed by atoms with Gasteiger partial charge in [0.15, 0.2) is 11.0 Å². The van der Waals surface area contributed by atoms with Crippen LogP contribution in [0.1, 0.15) is 5.56 Å². The van der Waals surface area contributed by atoms with E-state index in [1.165, 1.54) is 24.9 Å². The number of carbonyl (C=O) groups excluding carboxylic acids is 2. The third-order valence-corrected chi connectivity index (χ3v) is 6.56. The summed E-state index contributed by atoms with van der Waals surface area (Å²) in [7, 11) is 3.37. The lowest BCUT2D eigenvalue weighted by Gasteiger charge is -2.08. The Bertz CT molecular complexity index is 1420. The van der Waals surface area contributed by atoms with Gasteiger partial charge in [-0.3, -0.25) is 9.59 Å². The molecule has 0 bridgehead atoms. The van der Waals surface area contributed by atoms with Crippen molar-refractivity contribution in [2.24, 2.45) is 7.05 Å². The van der Waals surface area contributed by atoms with Crippen molar-refractivity contribution in [3.8, 4) is 17.1 Å². The molecule has 4 aromatic rings. The van der Waals surface area contributed by atoms with Crippen LogP contribution in [0.15, 0.2) is 84.0 Å². The van der Waals surface area contributed by atoms with Gasteiger partial charge < -0.3 is 19.9 Å². The number of amides is 2. The van der Waals surface area contributed by atoms with Crippen LogP contribution < -0.4 is 15.4 Å². The van der Waals surface area contributed by atoms with Crippen LogP contribution in [0, 0.1) is 0 Å². The predicted octanol–water partition coefficient (Wildman–Crippen LogP) is 5.53. The van der Waals surface area contributed by atoms with E-state index in [9.17, 15) is 9.59 Å². The summed E-state index contributed by atoms with van der Waals surface area (Å²) in [5.74, 6) is 0.917. The van der Waals surface area contributed by atoms with Crippen molar-refractivity contribution < 1.29 is 14.3 Å². The zero-order chi connectivity index (χ0) is 26.2. The lowest BCUT2D eigenvalue weighted by molar-refractivity contribution is -0.114. The number of ether oxygens (including phenoxy) is 1. The first-order valence-electron chi connectivity index (χ1n) is 11.2. The Balaban J connectivity index is 1.32. The molecule has 0 aliphatic rings. The normalized spacial score (nSPS) is 10.9. The molecule has 2 N–H and O–H groups in total. The summed E-state index contributed by atoms with van der Waals surface area (Å²) in [6, 6.07) is 22.0. The maximum absolute atomic E-state index is 12.4. The first kappa shape index (κ1) is 26.0. The average Bonchev–Trinajstić information content (AvgIpc) is 3.27. The number of hydrogen-bond donors (Lipinski definition) is 2. The quantitative estimate of drug-likeness (QED) is 0.217. The van der Waals surface area contributed by atoms with Crippen molar-refractivity contribution in [3.05, 3.63) is 89.5 Å². The molecule has 0 spiro atoms. The SMILES string of the molecule is COc1ccc(NC(=O)CSc2nnc(-c3ccc(NC(=O)C=Cc4ccccc4)cc3)n2C)cc1Cl. The highest BCUT2D eigenvalue weighted by Gasteiger charge is 2.14. The maximum atomic E-state index is 12.4. The summed E-state index contributed by atoms with van der Waals surface area (Å²) in [6.07, 6.45) is 3.25. The summed E-state index contributed by atoms with van der Waals surface area (Å²) in [5.41, 5.74) is 3.03. The number of anilines is 2. The lowest BCUT2D eigenvalue weighted by Crippen LogP contribution is -2.14. The fraction of sp³-hybridized carbons (Fsp3) is 0.111. The Morgan fingerprint density at radius 1 is 1.00 bits per heavy atom. The van der Waals surface area contributed by atoms with E-state index in [1.54, 1.807) is 36.4 Å². The summed E-state index contributed by atoms with van der Waals surface area (Å²) in [5, 5.41) is 15.1. The number of benzene rings is 3. The fourth-order valence-electron chi connectivity index (χ4n) is 3.39. The molecule has 8 nitrogen and oxygen atoms in total. The molecular formula is C27H24ClN5O3S. The second kappa shape index (κ2) is 12.2. The van der Waals surface area contributed by atoms with Gasteiger partial charge in [-0.25, -0.2) is 0 Å². The number of aromatic nitrogens is 3. The van der Waals surface area contributed by atoms with Crippen LogP contribution in [0.5, 0.6) is 5.75 Å². The molecular weight excluding hydrogens is 510 g/mol. The Morgan fingerprint density at radius 2 is 1.73 bits per heavy atom. The van der Waals surface area contributed by atoms with Gasteiger partial charge in [0, 0.05) is 30.1 Å². The van der Waals surface area contributed by atoms with E-state index in [2.05, 4.69) is 20.8 Å². The molecule has 3 aromatic carbocycles. The molecule has 0 fully saturated rings. The van der Waals surface area contributed by atoms with Gasteiger partial charge in [-0.15, -0.1) is 10.2 Å². The average molecular weight is 534 g/mol. The van der Waals surface area contributed by atoms with Crippen molar-refractivity contribution in [2.75, 3.05) is 23.5 Å². The Kier molecular flexibility index (Phi) is 8.60. The van der Waals surface area contributed by atoms with E-state index in [1.807, 2.05) is 54.1 Å². The smallest absolute Gasteiger partial charge is 0.248 e. The Morgan fingerprint density at radius 3 is 2.43 bits per heavy atom. The molecule has 0 unspecified atom stereocenters. The molecule has 0 aliphatic carbocycles. The van der Waals surface area contributed by atoms with Gasteiger partial charge in [-0.2, -0.15) is 0 Å². The summed E-state index contributed by atoms with van der Waals surface area (Å²) < 4.78 is 6.94. The van der Waals surface area contributed by atoms with Gasteiger partial charge in [0.1, 0.15) is 5.75 Å². The lowest BCUT2D eigenvalue weighted by atomic mass is 10.2. The number of hydrogen-bond acceptors (Lipinski definition) is 6. The monoisotopic (exact) mass is 533 g/mol. The van der Waals surface area contributed by atoms with Crippen LogP contribution in [-0.2, 0) is 16.6 Å². The Hall–Kier alpha value is -4.08. The first-order chi connectivity index (χ1) is 17.9. The summed E-state index contributed by atoms with van der Waals surface area (Å²) in [4.78, 5) is 24.6. The molecule has 0 radical (unpaired) electrons. The third-order valence-electron chi connectivity index (χ3n) is 5.24. The minimum absolute atomic E-state index is 0.150. The van der Waals surface area contributed by atoms with E-state index in [4.69, 9.17) is 16.3 Å². The topological polar surface area (TPSA) is 98.1 Å². The van der Waals surface area contributed by atoms with Crippen LogP contribution >= 0.6 is 23.4 Å². The first-order valence-corrected chi connectivity index (χ1v) is 12.6. The van der Waals surface area contributed by atoms with Crippen molar-refractivity contribution >= 4 is 52.6 Å². The van der Waals surface area contributed by atoms with Crippen LogP contribution in [0.3, 0.4) is 0 Å². The van der Waals surface area contributed by atoms with Crippen molar-refractivity contribution in [2.45, 2.75) is 5.16 Å². The summed E-state index contributed by atoms with van der Waals surface area (Å²) in [6.45, 7) is 0. The van der Waals surface area contributed by atoms with Gasteiger partial charge in [-0.1, -0.05) is 53.7 Å². The largest absolute Gasteiger partial charge is 0.495 e. The summed E-state index contributed by atoms with van der Waals surface area (Å²) >= 11 is 7.38. The zero-order valence-corrected chi connectivity index (χ0v) is 21.7. The standard InChI is InChI=1S/C27H24ClN5O3S/c1-33-26(19-9-11-20(12-10-19)29-24(34)15-8-18-6-4-3-5-7-18)31-32-27(33)37-17-25(35)30-21-13-14-23(36-2)22(28)16-21/h3-16H,17H2,1-2H3,(H,29,34)(H,30,35). The van der Waals surface area contributed by atoms with Gasteiger partial charge in [0.25, 0.3) is 0 Å². The second-order valence-electron chi connectivity index (χ2n) is 7.86. The predicted molar refractivity (Wildman–Crippen MR) is 148 cm³/mol. The highest BCUT2D eigenvalue weighted by atomic mass is 35.5. The van der Waals surface area contributed by atoms with E-state index < -0.39 is 0 Å². The third kappa shape index (κ3) is 6.99. The molecule has 1 heterocycles. The van der Waals surface area contributed by atoms with E-state index in [0.29, 0.717) is 33.1 Å². The maximum Gasteiger partial charge on any atom is 0.248 e. The molecule has 4 rings (SSSR count). The number of methoxy groups -OCH3 is 1. The molecule has 0 saturated heterocycles. The van der Waals surface area contributed by atoms with Crippen LogP contribution in [0.4, 0.5) is 11.4 Å². The van der Waals surface area contributed by atoms with E-state index in [0.717, 1.165) is 11.1 Å². The molecule has 10 heteroatoms. The van der Waals surface area contributed by atoms with Gasteiger partial charge in [-0.05, 0) is 54.1 Å². The number of halogens is 1. The van der Waals surface area contributed by atoms with Crippen LogP contribution in [0.2, 0.25) is 5.02 Å². The highest BCUT2D eigenvalue weighted by molar-refractivity contribution is 7.99. The number of carbonyl (C=O) groups is 2. The van der Waals surface area contributed by atoms with Gasteiger partial charge in [0.2, 0.25) is 11.8 Å². The molecule has 2 amide bonds. The molecule has 1 aromatic heterocycles. The van der Waals surface area contributed by atoms with Crippen molar-refractivity contribution in [3.63, 3.8) is 0 Å². The van der Waals surface area contributed by atoms with Crippen molar-refractivity contribution in [1.82, 2.24) is 14.8 Å². The zero-order valence-electron chi connectivity index (χ0n) is 20.1. The second-order valence-corrected chi connectivity index (χ2v) is 9.21. The number of thioether (sulfide) groups is 1. The van der Waals surface area contributed by atoms with Crippen LogP contribution in [-0.4, -0.2) is 39.4 Å². The Labute approximate surface area is 223 Å². The van der Waals surface area contributed by atoms with Crippen molar-refractivity contribution in [1.29, 1.82) is 0 Å². The number of rotatable bonds is 9. The van der Waals surface area contributed by atoms with E-state index in [-0.39, 0.29) is 17.6 Å². The molecule has 0 atom stereocenters. The molecule has 0 saturated carbocycles. The van der Waals surface area contributed by atoms with Gasteiger partial charge in [0.05, 0.1) is 17.9 Å². The van der Waals surface area contributed by atoms with Crippen LogP contribution in [0.25, 0.3) is 17.5 Å². The van der Waals surface area contributed by atoms with E-state index >= 15 is 0 Å². The molecule has 37 heavy (non-hydrogen) atoms.